The summed E-state index contributed by atoms with van der Waals surface area (Å²) in [5, 5.41) is 0.406. The Balaban J connectivity index is 0.00000144. The van der Waals surface area contributed by atoms with E-state index in [2.05, 4.69) is 14.5 Å². The zero-order chi connectivity index (χ0) is 15.7. The maximum absolute atomic E-state index is 12.1. The van der Waals surface area contributed by atoms with Gasteiger partial charge in [0.1, 0.15) is 19.4 Å². The first-order valence-corrected chi connectivity index (χ1v) is 7.70. The van der Waals surface area contributed by atoms with Crippen LogP contribution in [0.25, 0.3) is 22.3 Å². The van der Waals surface area contributed by atoms with Crippen LogP contribution in [0.2, 0.25) is 0 Å². The molecule has 10 heteroatoms. The fourth-order valence-corrected chi connectivity index (χ4v) is 2.48. The van der Waals surface area contributed by atoms with Crippen LogP contribution in [0.5, 0.6) is 5.75 Å². The van der Waals surface area contributed by atoms with Crippen molar-refractivity contribution in [2.75, 3.05) is 0 Å². The number of phosphoric acid groups is 1. The van der Waals surface area contributed by atoms with Crippen molar-refractivity contribution < 1.29 is 78.0 Å². The van der Waals surface area contributed by atoms with Crippen molar-refractivity contribution in [3.8, 4) is 17.1 Å². The van der Waals surface area contributed by atoms with Crippen molar-refractivity contribution in [3.63, 3.8) is 0 Å². The monoisotopic (exact) mass is 362 g/mol. The van der Waals surface area contributed by atoms with Gasteiger partial charge in [0, 0.05) is 0 Å². The minimum absolute atomic E-state index is 0. The van der Waals surface area contributed by atoms with E-state index in [9.17, 15) is 19.1 Å². The van der Waals surface area contributed by atoms with Gasteiger partial charge >= 0.3 is 59.1 Å². The third kappa shape index (κ3) is 5.02. The molecular formula is C14H9N2Na2O5P. The Morgan fingerprint density at radius 1 is 1.00 bits per heavy atom. The van der Waals surface area contributed by atoms with E-state index in [1.165, 1.54) is 18.2 Å². The smallest absolute Gasteiger partial charge is 0.780 e. The number of rotatable bonds is 3. The molecule has 0 aliphatic carbocycles. The number of phosphoric ester groups is 1. The molecule has 1 aromatic heterocycles. The predicted octanol–water partition coefficient (Wildman–Crippen LogP) is -5.19. The van der Waals surface area contributed by atoms with Crippen LogP contribution in [0.3, 0.4) is 0 Å². The molecule has 0 fully saturated rings. The van der Waals surface area contributed by atoms with Crippen LogP contribution in [-0.4, -0.2) is 9.97 Å². The van der Waals surface area contributed by atoms with Gasteiger partial charge in [0.05, 0.1) is 16.5 Å². The van der Waals surface area contributed by atoms with E-state index < -0.39 is 7.82 Å². The van der Waals surface area contributed by atoms with E-state index in [0.29, 0.717) is 10.9 Å². The number of hydrogen-bond donors (Lipinski definition) is 1. The van der Waals surface area contributed by atoms with Crippen molar-refractivity contribution in [3.05, 3.63) is 58.9 Å². The summed E-state index contributed by atoms with van der Waals surface area (Å²) < 4.78 is 15.2. The summed E-state index contributed by atoms with van der Waals surface area (Å²) in [6.45, 7) is 0. The van der Waals surface area contributed by atoms with Crippen molar-refractivity contribution >= 4 is 18.7 Å². The van der Waals surface area contributed by atoms with E-state index >= 15 is 0 Å². The molecule has 1 heterocycles. The van der Waals surface area contributed by atoms with Gasteiger partial charge in [-0.25, -0.2) is 4.98 Å². The van der Waals surface area contributed by atoms with Crippen LogP contribution in [0, 0.1) is 0 Å². The average molecular weight is 362 g/mol. The van der Waals surface area contributed by atoms with Gasteiger partial charge in [-0.3, -0.25) is 4.79 Å². The SMILES string of the molecule is O=c1[nH]c(-c2ccccc2OP(=O)([O-])[O-])nc2ccccc12.[Na+].[Na+]. The second kappa shape index (κ2) is 8.76. The van der Waals surface area contributed by atoms with Crippen LogP contribution in [-0.2, 0) is 4.57 Å². The fourth-order valence-electron chi connectivity index (χ4n) is 2.08. The second-order valence-corrected chi connectivity index (χ2v) is 5.54. The van der Waals surface area contributed by atoms with E-state index in [0.717, 1.165) is 0 Å². The first-order chi connectivity index (χ1) is 10.4. The molecule has 3 rings (SSSR count). The molecule has 2 aromatic carbocycles. The molecule has 24 heavy (non-hydrogen) atoms. The molecule has 0 spiro atoms. The first-order valence-electron chi connectivity index (χ1n) is 6.24. The van der Waals surface area contributed by atoms with E-state index in [1.54, 1.807) is 30.3 Å². The minimum atomic E-state index is -5.21. The Bertz CT molecular complexity index is 957. The normalized spacial score (nSPS) is 10.6. The van der Waals surface area contributed by atoms with Gasteiger partial charge in [0.2, 0.25) is 0 Å². The van der Waals surface area contributed by atoms with Crippen LogP contribution in [0.15, 0.2) is 53.3 Å². The number of aromatic amines is 1. The Labute approximate surface area is 181 Å². The second-order valence-electron chi connectivity index (χ2n) is 4.47. The van der Waals surface area contributed by atoms with E-state index in [4.69, 9.17) is 0 Å². The summed E-state index contributed by atoms with van der Waals surface area (Å²) in [6.07, 6.45) is 0. The largest absolute Gasteiger partial charge is 1.00 e. The number of fused-ring (bicyclic) bond motifs is 1. The average Bonchev–Trinajstić information content (AvgIpc) is 2.46. The van der Waals surface area contributed by atoms with Crippen LogP contribution in [0.1, 0.15) is 0 Å². The van der Waals surface area contributed by atoms with Gasteiger partial charge in [0.25, 0.3) is 5.56 Å². The zero-order valence-corrected chi connectivity index (χ0v) is 17.9. The summed E-state index contributed by atoms with van der Waals surface area (Å²) in [6, 6.07) is 12.6. The van der Waals surface area contributed by atoms with Crippen molar-refractivity contribution in [1.29, 1.82) is 0 Å². The minimum Gasteiger partial charge on any atom is -0.780 e. The number of hydrogen-bond acceptors (Lipinski definition) is 6. The zero-order valence-electron chi connectivity index (χ0n) is 13.1. The number of H-pyrrole nitrogens is 1. The third-order valence-corrected chi connectivity index (χ3v) is 3.39. The third-order valence-electron chi connectivity index (χ3n) is 2.97. The molecule has 3 aromatic rings. The number of nitrogens with zero attached hydrogens (tertiary/aromatic N) is 1. The molecule has 0 unspecified atom stereocenters. The molecule has 0 atom stereocenters. The molecule has 112 valence electrons. The summed E-state index contributed by atoms with van der Waals surface area (Å²) in [7, 11) is -5.21. The Hall–Kier alpha value is -0.470. The van der Waals surface area contributed by atoms with Gasteiger partial charge in [-0.1, -0.05) is 24.3 Å². The fraction of sp³-hybridized carbons (Fsp3) is 0. The quantitative estimate of drug-likeness (QED) is 0.368. The maximum Gasteiger partial charge on any atom is 1.00 e. The summed E-state index contributed by atoms with van der Waals surface area (Å²) in [4.78, 5) is 40.5. The van der Waals surface area contributed by atoms with E-state index in [1.807, 2.05) is 0 Å². The van der Waals surface area contributed by atoms with Crippen LogP contribution in [0.4, 0.5) is 0 Å². The maximum atomic E-state index is 12.1. The number of para-hydroxylation sites is 2. The molecule has 0 aliphatic heterocycles. The summed E-state index contributed by atoms with van der Waals surface area (Å²) in [5.41, 5.74) is 0.281. The molecule has 0 radical (unpaired) electrons. The Morgan fingerprint density at radius 2 is 1.62 bits per heavy atom. The van der Waals surface area contributed by atoms with Crippen LogP contribution >= 0.6 is 7.82 Å². The molecule has 7 nitrogen and oxygen atoms in total. The van der Waals surface area contributed by atoms with Gasteiger partial charge in [-0.05, 0) is 24.3 Å². The van der Waals surface area contributed by atoms with Crippen molar-refractivity contribution in [1.82, 2.24) is 9.97 Å². The molecule has 0 aliphatic rings. The van der Waals surface area contributed by atoms with Gasteiger partial charge < -0.3 is 23.9 Å². The number of benzene rings is 2. The molecule has 0 saturated heterocycles. The molecule has 1 N–H and O–H groups in total. The summed E-state index contributed by atoms with van der Waals surface area (Å²) >= 11 is 0. The van der Waals surface area contributed by atoms with Gasteiger partial charge in [0.15, 0.2) is 0 Å². The molecule has 0 amide bonds. The number of nitrogens with one attached hydrogen (secondary N) is 1. The topological polar surface area (TPSA) is 118 Å². The predicted molar refractivity (Wildman–Crippen MR) is 76.0 cm³/mol. The Kier molecular flexibility index (Phi) is 7.87. The molecular weight excluding hydrogens is 353 g/mol. The van der Waals surface area contributed by atoms with E-state index in [-0.39, 0.29) is 81.8 Å². The molecule has 0 saturated carbocycles. The molecule has 0 bridgehead atoms. The Morgan fingerprint density at radius 3 is 2.33 bits per heavy atom. The van der Waals surface area contributed by atoms with Crippen molar-refractivity contribution in [2.45, 2.75) is 0 Å². The van der Waals surface area contributed by atoms with Crippen molar-refractivity contribution in [2.24, 2.45) is 0 Å². The van der Waals surface area contributed by atoms with Crippen LogP contribution < -0.4 is 79.0 Å². The number of aromatic nitrogens is 2. The van der Waals surface area contributed by atoms with Gasteiger partial charge in [-0.2, -0.15) is 0 Å². The standard InChI is InChI=1S/C14H11N2O5P.2Na/c17-14-9-5-1-3-7-11(9)15-13(16-14)10-6-2-4-8-12(10)21-22(18,19)20;;/h1-8H,(H,15,16,17)(H2,18,19,20);;/q;2*+1/p-2. The first kappa shape index (κ1) is 21.6. The summed E-state index contributed by atoms with van der Waals surface area (Å²) in [5.74, 6) is -0.0676. The van der Waals surface area contributed by atoms with Gasteiger partial charge in [-0.15, -0.1) is 0 Å².